The fourth-order valence-corrected chi connectivity index (χ4v) is 6.84. The van der Waals surface area contributed by atoms with Crippen LogP contribution in [0.1, 0.15) is 29.9 Å². The highest BCUT2D eigenvalue weighted by molar-refractivity contribution is 6.10. The third kappa shape index (κ3) is 4.04. The van der Waals surface area contributed by atoms with Crippen molar-refractivity contribution >= 4 is 44.2 Å². The van der Waals surface area contributed by atoms with E-state index in [-0.39, 0.29) is 35.7 Å². The number of benzene rings is 3. The van der Waals surface area contributed by atoms with Gasteiger partial charge in [-0.1, -0.05) is 60.7 Å². The Balaban J connectivity index is 1.04. The molecule has 224 valence electrons. The normalized spacial score (nSPS) is 28.2. The summed E-state index contributed by atoms with van der Waals surface area (Å²) in [6.07, 6.45) is -1.92. The van der Waals surface area contributed by atoms with Crippen LogP contribution in [0.3, 0.4) is 0 Å². The van der Waals surface area contributed by atoms with Crippen LogP contribution < -0.4 is 11.3 Å². The number of aromatic nitrogens is 4. The topological polar surface area (TPSA) is 189 Å². The number of ether oxygens (including phenoxy) is 2. The second-order valence-corrected chi connectivity index (χ2v) is 11.5. The molecule has 1 saturated heterocycles. The van der Waals surface area contributed by atoms with Gasteiger partial charge in [0.05, 0.1) is 19.0 Å². The highest BCUT2D eigenvalue weighted by Crippen LogP contribution is 2.46. The maximum atomic E-state index is 12.2. The van der Waals surface area contributed by atoms with Crippen molar-refractivity contribution in [2.75, 3.05) is 12.3 Å². The Labute approximate surface area is 249 Å². The second-order valence-electron chi connectivity index (χ2n) is 11.5. The lowest BCUT2D eigenvalue weighted by atomic mass is 9.74. The van der Waals surface area contributed by atoms with Crippen LogP contribution in [0.5, 0.6) is 0 Å². The van der Waals surface area contributed by atoms with Crippen LogP contribution in [0, 0.1) is 0 Å². The van der Waals surface area contributed by atoms with Crippen molar-refractivity contribution in [1.29, 1.82) is 0 Å². The van der Waals surface area contributed by atoms with E-state index in [1.54, 1.807) is 16.7 Å². The molecule has 1 aliphatic heterocycles. The molecule has 44 heavy (non-hydrogen) atoms. The van der Waals surface area contributed by atoms with E-state index in [9.17, 15) is 25.2 Å². The van der Waals surface area contributed by atoms with Gasteiger partial charge in [0.25, 0.3) is 5.56 Å². The number of aliphatic hydroxyl groups excluding tert-OH is 4. The Kier molecular flexibility index (Phi) is 6.20. The van der Waals surface area contributed by atoms with E-state index in [1.807, 2.05) is 48.5 Å². The van der Waals surface area contributed by atoms with E-state index in [4.69, 9.17) is 15.2 Å². The number of imidazole rings is 1. The first-order valence-corrected chi connectivity index (χ1v) is 14.4. The first-order chi connectivity index (χ1) is 21.3. The third-order valence-electron chi connectivity index (χ3n) is 8.98. The molecule has 0 unspecified atom stereocenters. The van der Waals surface area contributed by atoms with Gasteiger partial charge in [-0.05, 0) is 38.2 Å². The number of aliphatic hydroxyl groups is 4. The second kappa shape index (κ2) is 10.1. The fraction of sp³-hybridized carbons (Fsp3) is 0.281. The lowest BCUT2D eigenvalue weighted by Gasteiger charge is -2.38. The molecular formula is C32H29N5O7. The predicted molar refractivity (Wildman–Crippen MR) is 161 cm³/mol. The number of rotatable bonds is 4. The van der Waals surface area contributed by atoms with Crippen molar-refractivity contribution in [3.8, 4) is 0 Å². The van der Waals surface area contributed by atoms with Gasteiger partial charge < -0.3 is 35.6 Å². The molecule has 3 aromatic carbocycles. The van der Waals surface area contributed by atoms with Crippen LogP contribution >= 0.6 is 0 Å². The van der Waals surface area contributed by atoms with Crippen molar-refractivity contribution in [2.24, 2.45) is 0 Å². The first kappa shape index (κ1) is 27.1. The minimum atomic E-state index is -1.35. The maximum Gasteiger partial charge on any atom is 0.280 e. The van der Waals surface area contributed by atoms with Gasteiger partial charge in [0, 0.05) is 12.0 Å². The van der Waals surface area contributed by atoms with E-state index >= 15 is 0 Å². The average molecular weight is 596 g/mol. The highest BCUT2D eigenvalue weighted by Gasteiger charge is 2.42. The molecule has 2 aliphatic carbocycles. The summed E-state index contributed by atoms with van der Waals surface area (Å²) in [5, 5.41) is 48.7. The zero-order chi connectivity index (χ0) is 30.3. The summed E-state index contributed by atoms with van der Waals surface area (Å²) in [7, 11) is 0. The summed E-state index contributed by atoms with van der Waals surface area (Å²) in [5.74, 6) is -0.0613. The number of nitrogen functional groups attached to an aromatic ring is 1. The number of nitrogens with zero attached hydrogens (tertiary/aromatic N) is 3. The maximum absolute atomic E-state index is 12.2. The number of hydrogen-bond donors (Lipinski definition) is 6. The number of aromatic amines is 1. The Morgan fingerprint density at radius 3 is 2.68 bits per heavy atom. The fourth-order valence-electron chi connectivity index (χ4n) is 6.84. The Bertz CT molecular complexity index is 2080. The Morgan fingerprint density at radius 2 is 1.82 bits per heavy atom. The van der Waals surface area contributed by atoms with Gasteiger partial charge in [-0.3, -0.25) is 14.3 Å². The molecule has 0 radical (unpaired) electrons. The smallest absolute Gasteiger partial charge is 0.280 e. The van der Waals surface area contributed by atoms with E-state index < -0.39 is 48.4 Å². The molecule has 0 bridgehead atoms. The van der Waals surface area contributed by atoms with E-state index in [0.29, 0.717) is 11.1 Å². The van der Waals surface area contributed by atoms with Crippen LogP contribution in [0.15, 0.2) is 77.4 Å². The molecule has 12 heteroatoms. The molecule has 8 rings (SSSR count). The van der Waals surface area contributed by atoms with Crippen molar-refractivity contribution in [3.63, 3.8) is 0 Å². The molecule has 0 spiro atoms. The van der Waals surface area contributed by atoms with Gasteiger partial charge >= 0.3 is 0 Å². The molecule has 1 fully saturated rings. The predicted octanol–water partition coefficient (Wildman–Crippen LogP) is 1.83. The van der Waals surface area contributed by atoms with Crippen molar-refractivity contribution in [3.05, 3.63) is 94.1 Å². The molecule has 3 aliphatic rings. The van der Waals surface area contributed by atoms with E-state index in [1.165, 1.54) is 6.33 Å². The standard InChI is InChI=1S/C32H29N5O7/c33-32-35-30-26(31(42)36-32)34-13-37(30)23-11-20(38)22(44-23)12-43-21-10-9-19-18-8-7-16-15-4-2-1-3-14(15)5-6-17(16)24(18)28(40)29(41)25(19)27(21)39/h1-10,13,20-23,27-29,38-41H,11-12H2,(H3,33,35,36,42)/t20-,21-,22+,23+,27+,28+,29-/m0/s1. The third-order valence-corrected chi connectivity index (χ3v) is 8.98. The zero-order valence-electron chi connectivity index (χ0n) is 23.2. The summed E-state index contributed by atoms with van der Waals surface area (Å²) in [6, 6.07) is 15.9. The largest absolute Gasteiger partial charge is 0.390 e. The molecule has 12 nitrogen and oxygen atoms in total. The SMILES string of the molecule is Nc1nc2c(ncn2[C@H]2C[C@H](O)[C@@H](CO[C@H]3C=CC4=C([C@@H]3O)[C@H](O)[C@H](O)c3c4ccc4c3ccc3ccccc34)O2)c(=O)[nH]1. The highest BCUT2D eigenvalue weighted by atomic mass is 16.6. The molecule has 2 aromatic heterocycles. The number of anilines is 1. The molecule has 5 aromatic rings. The van der Waals surface area contributed by atoms with E-state index in [2.05, 4.69) is 15.0 Å². The van der Waals surface area contributed by atoms with Gasteiger partial charge in [0.15, 0.2) is 11.2 Å². The number of allylic oxidation sites excluding steroid dienone is 2. The number of fused-ring (bicyclic) bond motifs is 7. The quantitative estimate of drug-likeness (QED) is 0.167. The van der Waals surface area contributed by atoms with Crippen molar-refractivity contribution in [2.45, 2.75) is 49.3 Å². The number of H-pyrrole nitrogens is 1. The minimum absolute atomic E-state index is 0.0613. The van der Waals surface area contributed by atoms with E-state index in [0.717, 1.165) is 27.1 Å². The molecule has 0 amide bonds. The Morgan fingerprint density at radius 1 is 1.00 bits per heavy atom. The van der Waals surface area contributed by atoms with Crippen LogP contribution in [-0.2, 0) is 9.47 Å². The van der Waals surface area contributed by atoms with Gasteiger partial charge in [-0.25, -0.2) is 4.98 Å². The van der Waals surface area contributed by atoms with Crippen molar-refractivity contribution < 1.29 is 29.9 Å². The van der Waals surface area contributed by atoms with Crippen LogP contribution in [-0.4, -0.2) is 77.1 Å². The minimum Gasteiger partial charge on any atom is -0.390 e. The van der Waals surface area contributed by atoms with Gasteiger partial charge in [-0.15, -0.1) is 0 Å². The van der Waals surface area contributed by atoms with Gasteiger partial charge in [-0.2, -0.15) is 4.98 Å². The molecule has 7 atom stereocenters. The lowest BCUT2D eigenvalue weighted by molar-refractivity contribution is -0.0901. The van der Waals surface area contributed by atoms with Gasteiger partial charge in [0.2, 0.25) is 5.95 Å². The average Bonchev–Trinajstić information content (AvgIpc) is 3.61. The monoisotopic (exact) mass is 595 g/mol. The summed E-state index contributed by atoms with van der Waals surface area (Å²) in [6.45, 7) is -0.0674. The number of nitrogens with one attached hydrogen (secondary N) is 1. The van der Waals surface area contributed by atoms with Crippen LogP contribution in [0.25, 0.3) is 38.3 Å². The van der Waals surface area contributed by atoms with Crippen molar-refractivity contribution in [1.82, 2.24) is 19.5 Å². The summed E-state index contributed by atoms with van der Waals surface area (Å²) in [5.41, 5.74) is 7.85. The molecule has 0 saturated carbocycles. The zero-order valence-corrected chi connectivity index (χ0v) is 23.2. The Hall–Kier alpha value is -4.43. The van der Waals surface area contributed by atoms with Crippen LogP contribution in [0.2, 0.25) is 0 Å². The molecular weight excluding hydrogens is 566 g/mol. The molecule has 7 N–H and O–H groups in total. The number of nitrogens with two attached hydrogens (primary N) is 1. The summed E-state index contributed by atoms with van der Waals surface area (Å²) < 4.78 is 13.6. The summed E-state index contributed by atoms with van der Waals surface area (Å²) in [4.78, 5) is 22.8. The first-order valence-electron chi connectivity index (χ1n) is 14.4. The summed E-state index contributed by atoms with van der Waals surface area (Å²) >= 11 is 0. The molecule has 3 heterocycles. The number of hydrogen-bond acceptors (Lipinski definition) is 10. The van der Waals surface area contributed by atoms with Gasteiger partial charge in [0.1, 0.15) is 36.7 Å². The van der Waals surface area contributed by atoms with Crippen LogP contribution in [0.4, 0.5) is 5.95 Å². The lowest BCUT2D eigenvalue weighted by Crippen LogP contribution is -2.42.